The fraction of sp³-hybridized carbons (Fsp3) is 0.222. The third-order valence-electron chi connectivity index (χ3n) is 1.53. The molecule has 0 heterocycles. The molecule has 1 rings (SSSR count). The highest BCUT2D eigenvalue weighted by atomic mass is 35.5. The lowest BCUT2D eigenvalue weighted by Crippen LogP contribution is -3.00. The van der Waals surface area contributed by atoms with Gasteiger partial charge in [0.15, 0.2) is 5.78 Å². The maximum absolute atomic E-state index is 11.2. The number of phenols is 1. The van der Waals surface area contributed by atoms with Crippen molar-refractivity contribution in [2.45, 2.75) is 0 Å². The van der Waals surface area contributed by atoms with E-state index in [4.69, 9.17) is 5.11 Å². The lowest BCUT2D eigenvalue weighted by molar-refractivity contribution is -0.0000114. The first-order valence-electron chi connectivity index (χ1n) is 3.71. The van der Waals surface area contributed by atoms with Crippen molar-refractivity contribution < 1.29 is 22.3 Å². The number of likely N-dealkylation sites (N-methyl/N-ethyl adjacent to an activating group) is 1. The van der Waals surface area contributed by atoms with Crippen LogP contribution >= 0.6 is 0 Å². The number of carbonyl (C=O) groups is 1. The molecule has 0 aliphatic heterocycles. The second-order valence-corrected chi connectivity index (χ2v) is 2.50. The minimum Gasteiger partial charge on any atom is -1.00 e. The lowest BCUT2D eigenvalue weighted by Gasteiger charge is -1.99. The van der Waals surface area contributed by atoms with Gasteiger partial charge < -0.3 is 22.8 Å². The molecule has 1 aromatic rings. The Labute approximate surface area is 83.2 Å². The Morgan fingerprint density at radius 1 is 1.38 bits per heavy atom. The number of ketones is 1. The van der Waals surface area contributed by atoms with Gasteiger partial charge in [-0.1, -0.05) is 0 Å². The van der Waals surface area contributed by atoms with E-state index in [9.17, 15) is 4.79 Å². The van der Waals surface area contributed by atoms with Gasteiger partial charge in [0.1, 0.15) is 5.75 Å². The number of phenolic OH excluding ortho intramolecular Hbond substituents is 1. The van der Waals surface area contributed by atoms with Crippen molar-refractivity contribution >= 4 is 5.78 Å². The normalized spacial score (nSPS) is 9.00. The standard InChI is InChI=1S/C9H11NO2.ClH/c1-10-6-9(12)7-2-4-8(11)5-3-7;/h2-5,10-11H,6H2,1H3;1H/p-1. The summed E-state index contributed by atoms with van der Waals surface area (Å²) in [6.07, 6.45) is 0. The van der Waals surface area contributed by atoms with Gasteiger partial charge in [-0.15, -0.1) is 0 Å². The molecule has 0 aliphatic carbocycles. The Morgan fingerprint density at radius 2 is 1.92 bits per heavy atom. The molecule has 3 nitrogen and oxygen atoms in total. The maximum Gasteiger partial charge on any atom is 0.176 e. The topological polar surface area (TPSA) is 49.3 Å². The van der Waals surface area contributed by atoms with Crippen molar-refractivity contribution in [1.82, 2.24) is 5.32 Å². The summed E-state index contributed by atoms with van der Waals surface area (Å²) in [5, 5.41) is 11.7. The zero-order valence-corrected chi connectivity index (χ0v) is 8.01. The van der Waals surface area contributed by atoms with Crippen LogP contribution in [0.2, 0.25) is 0 Å². The molecular formula is C9H11ClNO2-. The lowest BCUT2D eigenvalue weighted by atomic mass is 10.1. The molecule has 0 atom stereocenters. The largest absolute Gasteiger partial charge is 1.00 e. The summed E-state index contributed by atoms with van der Waals surface area (Å²) in [5.74, 6) is 0.202. The number of Topliss-reactive ketones (excluding diaryl/α,β-unsaturated/α-hetero) is 1. The van der Waals surface area contributed by atoms with Gasteiger partial charge in [-0.3, -0.25) is 4.79 Å². The molecule has 0 spiro atoms. The van der Waals surface area contributed by atoms with Gasteiger partial charge in [0.2, 0.25) is 0 Å². The summed E-state index contributed by atoms with van der Waals surface area (Å²) < 4.78 is 0. The van der Waals surface area contributed by atoms with Crippen LogP contribution in [0, 0.1) is 0 Å². The van der Waals surface area contributed by atoms with E-state index in [-0.39, 0.29) is 23.9 Å². The number of nitrogens with one attached hydrogen (secondary N) is 1. The average molecular weight is 201 g/mol. The first kappa shape index (κ1) is 11.9. The van der Waals surface area contributed by atoms with Crippen LogP contribution in [-0.4, -0.2) is 24.5 Å². The number of halogens is 1. The zero-order valence-electron chi connectivity index (χ0n) is 7.25. The summed E-state index contributed by atoms with van der Waals surface area (Å²) in [5.41, 5.74) is 0.613. The van der Waals surface area contributed by atoms with Gasteiger partial charge in [-0.25, -0.2) is 0 Å². The van der Waals surface area contributed by atoms with E-state index in [1.54, 1.807) is 19.2 Å². The Balaban J connectivity index is 0.00000144. The van der Waals surface area contributed by atoms with Crippen LogP contribution in [-0.2, 0) is 0 Å². The second kappa shape index (κ2) is 5.56. The molecule has 0 bridgehead atoms. The minimum absolute atomic E-state index is 0. The third kappa shape index (κ3) is 3.44. The van der Waals surface area contributed by atoms with Crippen LogP contribution in [0.25, 0.3) is 0 Å². The molecule has 0 aromatic heterocycles. The van der Waals surface area contributed by atoms with E-state index in [0.717, 1.165) is 0 Å². The number of aromatic hydroxyl groups is 1. The Hall–Kier alpha value is -1.06. The SMILES string of the molecule is CNCC(=O)c1ccc(O)cc1.[Cl-]. The molecule has 0 unspecified atom stereocenters. The summed E-state index contributed by atoms with van der Waals surface area (Å²) in [6.45, 7) is 0.324. The van der Waals surface area contributed by atoms with Crippen LogP contribution in [0.3, 0.4) is 0 Å². The van der Waals surface area contributed by atoms with Gasteiger partial charge in [-0.05, 0) is 31.3 Å². The molecule has 72 valence electrons. The van der Waals surface area contributed by atoms with Crippen molar-refractivity contribution in [3.8, 4) is 5.75 Å². The monoisotopic (exact) mass is 200 g/mol. The van der Waals surface area contributed by atoms with Crippen LogP contribution in [0.4, 0.5) is 0 Å². The van der Waals surface area contributed by atoms with E-state index in [1.807, 2.05) is 0 Å². The Morgan fingerprint density at radius 3 is 2.38 bits per heavy atom. The van der Waals surface area contributed by atoms with Gasteiger partial charge in [0.05, 0.1) is 6.54 Å². The third-order valence-corrected chi connectivity index (χ3v) is 1.53. The van der Waals surface area contributed by atoms with E-state index in [2.05, 4.69) is 5.32 Å². The van der Waals surface area contributed by atoms with Crippen molar-refractivity contribution in [1.29, 1.82) is 0 Å². The van der Waals surface area contributed by atoms with E-state index < -0.39 is 0 Å². The molecule has 0 aliphatic rings. The molecule has 0 saturated carbocycles. The number of hydrogen-bond donors (Lipinski definition) is 2. The summed E-state index contributed by atoms with van der Waals surface area (Å²) in [7, 11) is 1.72. The second-order valence-electron chi connectivity index (χ2n) is 2.50. The van der Waals surface area contributed by atoms with Crippen LogP contribution in [0.5, 0.6) is 5.75 Å². The fourth-order valence-electron chi connectivity index (χ4n) is 0.910. The van der Waals surface area contributed by atoms with Crippen molar-refractivity contribution in [2.24, 2.45) is 0 Å². The summed E-state index contributed by atoms with van der Waals surface area (Å²) >= 11 is 0. The molecule has 0 fully saturated rings. The van der Waals surface area contributed by atoms with Crippen LogP contribution < -0.4 is 17.7 Å². The van der Waals surface area contributed by atoms with Gasteiger partial charge in [-0.2, -0.15) is 0 Å². The van der Waals surface area contributed by atoms with Gasteiger partial charge >= 0.3 is 0 Å². The summed E-state index contributed by atoms with van der Waals surface area (Å²) in [6, 6.07) is 6.22. The zero-order chi connectivity index (χ0) is 8.97. The molecule has 1 aromatic carbocycles. The van der Waals surface area contributed by atoms with Crippen LogP contribution in [0.1, 0.15) is 10.4 Å². The average Bonchev–Trinajstić information content (AvgIpc) is 2.06. The van der Waals surface area contributed by atoms with Crippen molar-refractivity contribution in [2.75, 3.05) is 13.6 Å². The van der Waals surface area contributed by atoms with Crippen molar-refractivity contribution in [3.63, 3.8) is 0 Å². The Bertz CT molecular complexity index is 271. The highest BCUT2D eigenvalue weighted by Crippen LogP contribution is 2.09. The highest BCUT2D eigenvalue weighted by molar-refractivity contribution is 5.97. The number of hydrogen-bond acceptors (Lipinski definition) is 3. The maximum atomic E-state index is 11.2. The number of rotatable bonds is 3. The molecular weight excluding hydrogens is 190 g/mol. The minimum atomic E-state index is 0. The van der Waals surface area contributed by atoms with Gasteiger partial charge in [0.25, 0.3) is 0 Å². The van der Waals surface area contributed by atoms with Crippen LogP contribution in [0.15, 0.2) is 24.3 Å². The highest BCUT2D eigenvalue weighted by Gasteiger charge is 2.02. The van der Waals surface area contributed by atoms with E-state index >= 15 is 0 Å². The molecule has 0 saturated heterocycles. The first-order chi connectivity index (χ1) is 5.74. The molecule has 13 heavy (non-hydrogen) atoms. The van der Waals surface area contributed by atoms with Gasteiger partial charge in [0, 0.05) is 5.56 Å². The predicted octanol–water partition coefficient (Wildman–Crippen LogP) is -2.20. The first-order valence-corrected chi connectivity index (χ1v) is 3.71. The summed E-state index contributed by atoms with van der Waals surface area (Å²) in [4.78, 5) is 11.2. The smallest absolute Gasteiger partial charge is 0.176 e. The molecule has 0 radical (unpaired) electrons. The molecule has 4 heteroatoms. The van der Waals surface area contributed by atoms with Crippen molar-refractivity contribution in [3.05, 3.63) is 29.8 Å². The molecule has 2 N–H and O–H groups in total. The molecule has 0 amide bonds. The number of carbonyl (C=O) groups excluding carboxylic acids is 1. The number of benzene rings is 1. The Kier molecular flexibility index (Phi) is 5.11. The van der Waals surface area contributed by atoms with E-state index in [1.165, 1.54) is 12.1 Å². The van der Waals surface area contributed by atoms with E-state index in [0.29, 0.717) is 12.1 Å². The fourth-order valence-corrected chi connectivity index (χ4v) is 0.910. The quantitative estimate of drug-likeness (QED) is 0.545. The predicted molar refractivity (Wildman–Crippen MR) is 46.4 cm³/mol.